The normalized spacial score (nSPS) is 10.2. The van der Waals surface area contributed by atoms with E-state index in [9.17, 15) is 0 Å². The molecule has 0 N–H and O–H groups in total. The monoisotopic (exact) mass is 260 g/mol. The number of nitrogens with zero attached hydrogens (tertiary/aromatic N) is 2. The third-order valence-electron chi connectivity index (χ3n) is 3.08. The number of hydrogen-bond donors (Lipinski definition) is 0. The summed E-state index contributed by atoms with van der Waals surface area (Å²) < 4.78 is 5.76. The fourth-order valence-corrected chi connectivity index (χ4v) is 2.05. The molecule has 20 heavy (non-hydrogen) atoms. The van der Waals surface area contributed by atoms with Crippen molar-refractivity contribution in [3.05, 3.63) is 71.9 Å². The Kier molecular flexibility index (Phi) is 3.30. The number of fused-ring (bicyclic) bond motifs is 1. The summed E-state index contributed by atoms with van der Waals surface area (Å²) in [6, 6.07) is 19.5. The van der Waals surface area contributed by atoms with Crippen molar-refractivity contribution in [3.63, 3.8) is 0 Å². The van der Waals surface area contributed by atoms with Gasteiger partial charge in [-0.3, -0.25) is 4.98 Å². The molecule has 0 amide bonds. The van der Waals surface area contributed by atoms with Gasteiger partial charge in [-0.1, -0.05) is 30.3 Å². The molecule has 3 aromatic rings. The number of pyridine rings is 1. The molecular formula is C17H12N2O. The van der Waals surface area contributed by atoms with Gasteiger partial charge in [0.15, 0.2) is 0 Å². The van der Waals surface area contributed by atoms with Crippen LogP contribution in [0.25, 0.3) is 10.9 Å². The Bertz CT molecular complexity index is 776. The number of hydrogen-bond acceptors (Lipinski definition) is 3. The van der Waals surface area contributed by atoms with Gasteiger partial charge in [-0.05, 0) is 29.8 Å². The molecule has 0 saturated carbocycles. The molecule has 0 atom stereocenters. The topological polar surface area (TPSA) is 45.9 Å². The molecule has 3 heteroatoms. The van der Waals surface area contributed by atoms with Gasteiger partial charge in [0.05, 0.1) is 17.1 Å². The fourth-order valence-electron chi connectivity index (χ4n) is 2.05. The summed E-state index contributed by atoms with van der Waals surface area (Å²) in [7, 11) is 0. The van der Waals surface area contributed by atoms with Crippen molar-refractivity contribution in [2.45, 2.75) is 6.61 Å². The van der Waals surface area contributed by atoms with E-state index < -0.39 is 0 Å². The largest absolute Gasteiger partial charge is 0.489 e. The number of aromatic nitrogens is 1. The van der Waals surface area contributed by atoms with Gasteiger partial charge in [0.25, 0.3) is 0 Å². The van der Waals surface area contributed by atoms with E-state index in [-0.39, 0.29) is 0 Å². The van der Waals surface area contributed by atoms with Gasteiger partial charge in [-0.2, -0.15) is 5.26 Å². The highest BCUT2D eigenvalue weighted by Crippen LogP contribution is 2.22. The minimum Gasteiger partial charge on any atom is -0.489 e. The van der Waals surface area contributed by atoms with Crippen LogP contribution in [-0.2, 0) is 6.61 Å². The maximum atomic E-state index is 9.12. The van der Waals surface area contributed by atoms with Crippen LogP contribution in [0.15, 0.2) is 60.8 Å². The summed E-state index contributed by atoms with van der Waals surface area (Å²) in [6.07, 6.45) is 1.64. The van der Waals surface area contributed by atoms with Gasteiger partial charge < -0.3 is 4.74 Å². The van der Waals surface area contributed by atoms with Gasteiger partial charge in [-0.25, -0.2) is 0 Å². The Morgan fingerprint density at radius 3 is 2.70 bits per heavy atom. The Labute approximate surface area is 117 Å². The maximum Gasteiger partial charge on any atom is 0.120 e. The summed E-state index contributed by atoms with van der Waals surface area (Å²) in [5, 5.41) is 9.94. The Morgan fingerprint density at radius 2 is 1.90 bits per heavy atom. The molecule has 0 bridgehead atoms. The van der Waals surface area contributed by atoms with E-state index in [1.54, 1.807) is 12.3 Å². The summed E-state index contributed by atoms with van der Waals surface area (Å²) in [5.74, 6) is 0.742. The van der Waals surface area contributed by atoms with Crippen molar-refractivity contribution in [3.8, 4) is 11.8 Å². The first kappa shape index (κ1) is 12.2. The number of nitriles is 1. The average Bonchev–Trinajstić information content (AvgIpc) is 2.53. The zero-order valence-electron chi connectivity index (χ0n) is 10.8. The zero-order chi connectivity index (χ0) is 13.8. The van der Waals surface area contributed by atoms with Gasteiger partial charge in [0.2, 0.25) is 0 Å². The molecular weight excluding hydrogens is 248 g/mol. The van der Waals surface area contributed by atoms with Gasteiger partial charge >= 0.3 is 0 Å². The lowest BCUT2D eigenvalue weighted by Gasteiger charge is -2.07. The quantitative estimate of drug-likeness (QED) is 0.721. The smallest absolute Gasteiger partial charge is 0.120 e. The van der Waals surface area contributed by atoms with Gasteiger partial charge in [0.1, 0.15) is 12.4 Å². The van der Waals surface area contributed by atoms with Crippen LogP contribution >= 0.6 is 0 Å². The first-order valence-electron chi connectivity index (χ1n) is 6.32. The van der Waals surface area contributed by atoms with Crippen LogP contribution in [-0.4, -0.2) is 4.98 Å². The van der Waals surface area contributed by atoms with Crippen molar-refractivity contribution in [1.29, 1.82) is 5.26 Å². The molecule has 0 aliphatic carbocycles. The van der Waals surface area contributed by atoms with Crippen LogP contribution in [0.4, 0.5) is 0 Å². The third kappa shape index (κ3) is 2.45. The lowest BCUT2D eigenvalue weighted by molar-refractivity contribution is 0.306. The van der Waals surface area contributed by atoms with Crippen LogP contribution in [0.3, 0.4) is 0 Å². The molecule has 96 valence electrons. The zero-order valence-corrected chi connectivity index (χ0v) is 10.8. The second-order valence-electron chi connectivity index (χ2n) is 4.42. The Morgan fingerprint density at radius 1 is 1.05 bits per heavy atom. The SMILES string of the molecule is N#Cc1ccnc2ccc(OCc3ccccc3)cc12. The lowest BCUT2D eigenvalue weighted by Crippen LogP contribution is -1.95. The van der Waals surface area contributed by atoms with Crippen LogP contribution in [0.1, 0.15) is 11.1 Å². The predicted molar refractivity (Wildman–Crippen MR) is 77.2 cm³/mol. The molecule has 0 fully saturated rings. The summed E-state index contributed by atoms with van der Waals surface area (Å²) in [6.45, 7) is 0.508. The molecule has 0 aliphatic rings. The van der Waals surface area contributed by atoms with Crippen molar-refractivity contribution < 1.29 is 4.74 Å². The Balaban J connectivity index is 1.88. The minimum absolute atomic E-state index is 0.508. The van der Waals surface area contributed by atoms with Crippen LogP contribution in [0.2, 0.25) is 0 Å². The predicted octanol–water partition coefficient (Wildman–Crippen LogP) is 3.69. The highest BCUT2D eigenvalue weighted by Gasteiger charge is 2.03. The number of ether oxygens (including phenoxy) is 1. The van der Waals surface area contributed by atoms with Crippen molar-refractivity contribution in [2.75, 3.05) is 0 Å². The third-order valence-corrected chi connectivity index (χ3v) is 3.08. The first-order valence-corrected chi connectivity index (χ1v) is 6.32. The molecule has 0 radical (unpaired) electrons. The Hall–Kier alpha value is -2.86. The molecule has 0 aliphatic heterocycles. The molecule has 1 aromatic heterocycles. The first-order chi connectivity index (χ1) is 9.86. The molecule has 0 spiro atoms. The van der Waals surface area contributed by atoms with Crippen LogP contribution < -0.4 is 4.74 Å². The minimum atomic E-state index is 0.508. The van der Waals surface area contributed by atoms with E-state index in [1.807, 2.05) is 48.5 Å². The van der Waals surface area contributed by atoms with E-state index in [0.717, 1.165) is 22.2 Å². The van der Waals surface area contributed by atoms with E-state index in [4.69, 9.17) is 10.00 Å². The molecule has 0 saturated heterocycles. The lowest BCUT2D eigenvalue weighted by atomic mass is 10.1. The van der Waals surface area contributed by atoms with Gasteiger partial charge in [-0.15, -0.1) is 0 Å². The maximum absolute atomic E-state index is 9.12. The van der Waals surface area contributed by atoms with Crippen molar-refractivity contribution in [1.82, 2.24) is 4.98 Å². The molecule has 3 rings (SSSR count). The van der Waals surface area contributed by atoms with Crippen molar-refractivity contribution in [2.24, 2.45) is 0 Å². The van der Waals surface area contributed by atoms with Crippen LogP contribution in [0, 0.1) is 11.3 Å². The molecule has 3 nitrogen and oxygen atoms in total. The standard InChI is InChI=1S/C17H12N2O/c18-11-14-8-9-19-17-7-6-15(10-16(14)17)20-12-13-4-2-1-3-5-13/h1-10H,12H2. The number of benzene rings is 2. The van der Waals surface area contributed by atoms with E-state index in [1.165, 1.54) is 0 Å². The summed E-state index contributed by atoms with van der Waals surface area (Å²) in [4.78, 5) is 4.24. The molecule has 2 aromatic carbocycles. The summed E-state index contributed by atoms with van der Waals surface area (Å²) >= 11 is 0. The summed E-state index contributed by atoms with van der Waals surface area (Å²) in [5.41, 5.74) is 2.52. The van der Waals surface area contributed by atoms with E-state index in [2.05, 4.69) is 11.1 Å². The molecule has 1 heterocycles. The average molecular weight is 260 g/mol. The fraction of sp³-hybridized carbons (Fsp3) is 0.0588. The van der Waals surface area contributed by atoms with Gasteiger partial charge in [0, 0.05) is 11.6 Å². The van der Waals surface area contributed by atoms with E-state index >= 15 is 0 Å². The second-order valence-corrected chi connectivity index (χ2v) is 4.42. The van der Waals surface area contributed by atoms with Crippen molar-refractivity contribution >= 4 is 10.9 Å². The number of rotatable bonds is 3. The van der Waals surface area contributed by atoms with E-state index in [0.29, 0.717) is 12.2 Å². The highest BCUT2D eigenvalue weighted by molar-refractivity contribution is 5.85. The second kappa shape index (κ2) is 5.41. The van der Waals surface area contributed by atoms with Crippen LogP contribution in [0.5, 0.6) is 5.75 Å². The molecule has 0 unspecified atom stereocenters. The highest BCUT2D eigenvalue weighted by atomic mass is 16.5.